The molecule has 0 aliphatic carbocycles. The largest absolute Gasteiger partial charge is 0.545 e. The van der Waals surface area contributed by atoms with Crippen LogP contribution in [0.15, 0.2) is 30.4 Å². The maximum atomic E-state index is 11.7. The quantitative estimate of drug-likeness (QED) is 0.564. The van der Waals surface area contributed by atoms with Gasteiger partial charge >= 0.3 is 0 Å². The summed E-state index contributed by atoms with van der Waals surface area (Å²) in [6, 6.07) is 5.43. The molecule has 22 heavy (non-hydrogen) atoms. The number of benzene rings is 1. The lowest BCUT2D eigenvalue weighted by Gasteiger charge is -2.15. The number of hydrazine groups is 1. The molecular weight excluding hydrogens is 288 g/mol. The fraction of sp³-hybridized carbons (Fsp3) is 0.267. The van der Waals surface area contributed by atoms with Crippen molar-refractivity contribution >= 4 is 17.8 Å². The minimum Gasteiger partial charge on any atom is -0.545 e. The van der Waals surface area contributed by atoms with Crippen LogP contribution in [0.25, 0.3) is 0 Å². The summed E-state index contributed by atoms with van der Waals surface area (Å²) in [4.78, 5) is 33.0. The molecule has 0 aliphatic heterocycles. The van der Waals surface area contributed by atoms with Gasteiger partial charge in [-0.25, -0.2) is 0 Å². The van der Waals surface area contributed by atoms with Crippen molar-refractivity contribution in [2.45, 2.75) is 26.9 Å². The SMILES string of the molecule is Cc1ccc(OC(C)C(=O)NNC(=O)/C=C/C(=O)[O-])cc1C. The molecule has 1 atom stereocenters. The number of nitrogens with one attached hydrogen (secondary N) is 2. The summed E-state index contributed by atoms with van der Waals surface area (Å²) in [5, 5.41) is 10.1. The van der Waals surface area contributed by atoms with E-state index in [1.54, 1.807) is 12.1 Å². The van der Waals surface area contributed by atoms with Crippen LogP contribution < -0.4 is 20.7 Å². The normalized spacial score (nSPS) is 11.8. The molecule has 0 fully saturated rings. The highest BCUT2D eigenvalue weighted by Gasteiger charge is 2.15. The highest BCUT2D eigenvalue weighted by molar-refractivity contribution is 5.94. The summed E-state index contributed by atoms with van der Waals surface area (Å²) in [6.45, 7) is 5.41. The predicted molar refractivity (Wildman–Crippen MR) is 76.4 cm³/mol. The van der Waals surface area contributed by atoms with Crippen LogP contribution in [-0.4, -0.2) is 23.9 Å². The maximum Gasteiger partial charge on any atom is 0.279 e. The van der Waals surface area contributed by atoms with Crippen LogP contribution >= 0.6 is 0 Å². The summed E-state index contributed by atoms with van der Waals surface area (Å²) in [6.07, 6.45) is 0.438. The molecule has 0 bridgehead atoms. The van der Waals surface area contributed by atoms with Crippen molar-refractivity contribution in [3.05, 3.63) is 41.5 Å². The monoisotopic (exact) mass is 305 g/mol. The molecule has 7 heteroatoms. The third-order valence-corrected chi connectivity index (χ3v) is 2.84. The molecule has 1 rings (SSSR count). The summed E-state index contributed by atoms with van der Waals surface area (Å²) in [5.74, 6) is -2.34. The zero-order valence-electron chi connectivity index (χ0n) is 12.5. The average Bonchev–Trinajstić information content (AvgIpc) is 2.46. The number of carbonyl (C=O) groups excluding carboxylic acids is 3. The molecule has 0 aromatic heterocycles. The number of carboxylic acid groups (broad SMARTS) is 1. The zero-order valence-corrected chi connectivity index (χ0v) is 12.5. The van der Waals surface area contributed by atoms with Crippen molar-refractivity contribution < 1.29 is 24.2 Å². The molecule has 7 nitrogen and oxygen atoms in total. The van der Waals surface area contributed by atoms with Gasteiger partial charge in [0.1, 0.15) is 5.75 Å². The lowest BCUT2D eigenvalue weighted by atomic mass is 10.1. The molecule has 118 valence electrons. The van der Waals surface area contributed by atoms with E-state index < -0.39 is 23.9 Å². The van der Waals surface area contributed by atoms with E-state index in [0.717, 1.165) is 17.2 Å². The Labute approximate surface area is 127 Å². The van der Waals surface area contributed by atoms with Crippen LogP contribution in [0.1, 0.15) is 18.1 Å². The van der Waals surface area contributed by atoms with E-state index >= 15 is 0 Å². The molecule has 2 N–H and O–H groups in total. The van der Waals surface area contributed by atoms with Gasteiger partial charge in [-0.3, -0.25) is 20.4 Å². The van der Waals surface area contributed by atoms with Crippen molar-refractivity contribution in [3.63, 3.8) is 0 Å². The van der Waals surface area contributed by atoms with Crippen LogP contribution in [0, 0.1) is 13.8 Å². The molecular formula is C15H17N2O5-. The third kappa shape index (κ3) is 5.66. The van der Waals surface area contributed by atoms with Crippen LogP contribution in [0.3, 0.4) is 0 Å². The van der Waals surface area contributed by atoms with Gasteiger partial charge in [-0.05, 0) is 50.1 Å². The highest BCUT2D eigenvalue weighted by atomic mass is 16.5. The summed E-state index contributed by atoms with van der Waals surface area (Å²) in [7, 11) is 0. The van der Waals surface area contributed by atoms with Gasteiger partial charge in [-0.2, -0.15) is 0 Å². The molecule has 0 saturated carbocycles. The molecule has 1 aromatic carbocycles. The van der Waals surface area contributed by atoms with Crippen molar-refractivity contribution in [2.75, 3.05) is 0 Å². The Bertz CT molecular complexity index is 610. The average molecular weight is 305 g/mol. The van der Waals surface area contributed by atoms with Gasteiger partial charge in [0.15, 0.2) is 6.10 Å². The molecule has 0 heterocycles. The summed E-state index contributed by atoms with van der Waals surface area (Å²) >= 11 is 0. The Kier molecular flexibility index (Phi) is 6.12. The Morgan fingerprint density at radius 1 is 1.14 bits per heavy atom. The van der Waals surface area contributed by atoms with Crippen LogP contribution in [-0.2, 0) is 14.4 Å². The van der Waals surface area contributed by atoms with E-state index in [1.807, 2.05) is 25.3 Å². The van der Waals surface area contributed by atoms with Gasteiger partial charge < -0.3 is 14.6 Å². The number of amides is 2. The second kappa shape index (κ2) is 7.82. The van der Waals surface area contributed by atoms with Crippen LogP contribution in [0.5, 0.6) is 5.75 Å². The number of hydrogen-bond donors (Lipinski definition) is 2. The van der Waals surface area contributed by atoms with E-state index in [1.165, 1.54) is 6.92 Å². The minimum atomic E-state index is -1.51. The van der Waals surface area contributed by atoms with Gasteiger partial charge in [0.2, 0.25) is 0 Å². The van der Waals surface area contributed by atoms with Gasteiger partial charge in [0, 0.05) is 6.08 Å². The van der Waals surface area contributed by atoms with Gasteiger partial charge in [0.25, 0.3) is 11.8 Å². The molecule has 1 aromatic rings. The Morgan fingerprint density at radius 3 is 2.41 bits per heavy atom. The number of carbonyl (C=O) groups is 3. The standard InChI is InChI=1S/C15H18N2O5/c1-9-4-5-12(8-10(9)2)22-11(3)15(21)17-16-13(18)6-7-14(19)20/h4-8,11H,1-3H3,(H,16,18)(H,17,21)(H,19,20)/p-1/b7-6+. The van der Waals surface area contributed by atoms with Crippen molar-refractivity contribution in [3.8, 4) is 5.75 Å². The van der Waals surface area contributed by atoms with E-state index in [4.69, 9.17) is 4.74 Å². The highest BCUT2D eigenvalue weighted by Crippen LogP contribution is 2.17. The van der Waals surface area contributed by atoms with E-state index in [0.29, 0.717) is 11.8 Å². The molecule has 0 aliphatic rings. The van der Waals surface area contributed by atoms with Crippen molar-refractivity contribution in [1.29, 1.82) is 0 Å². The molecule has 2 amide bonds. The molecule has 0 spiro atoms. The van der Waals surface area contributed by atoms with Crippen molar-refractivity contribution in [2.24, 2.45) is 0 Å². The molecule has 0 radical (unpaired) electrons. The Hall–Kier alpha value is -2.83. The Balaban J connectivity index is 2.49. The van der Waals surface area contributed by atoms with Gasteiger partial charge in [-0.1, -0.05) is 6.07 Å². The van der Waals surface area contributed by atoms with Crippen LogP contribution in [0.2, 0.25) is 0 Å². The molecule has 1 unspecified atom stereocenters. The molecule has 0 saturated heterocycles. The number of ether oxygens (including phenoxy) is 1. The first kappa shape index (κ1) is 17.2. The van der Waals surface area contributed by atoms with E-state index in [2.05, 4.69) is 5.43 Å². The number of aryl methyl sites for hydroxylation is 2. The lowest BCUT2D eigenvalue weighted by molar-refractivity contribution is -0.297. The fourth-order valence-corrected chi connectivity index (χ4v) is 1.46. The number of rotatable bonds is 5. The maximum absolute atomic E-state index is 11.7. The smallest absolute Gasteiger partial charge is 0.279 e. The number of hydrogen-bond acceptors (Lipinski definition) is 5. The number of aliphatic carboxylic acids is 1. The lowest BCUT2D eigenvalue weighted by Crippen LogP contribution is -2.46. The van der Waals surface area contributed by atoms with Gasteiger partial charge in [0.05, 0.1) is 5.97 Å². The van der Waals surface area contributed by atoms with Gasteiger partial charge in [-0.15, -0.1) is 0 Å². The van der Waals surface area contributed by atoms with Crippen LogP contribution in [0.4, 0.5) is 0 Å². The first-order valence-corrected chi connectivity index (χ1v) is 6.52. The predicted octanol–water partition coefficient (Wildman–Crippen LogP) is -0.476. The second-order valence-corrected chi connectivity index (χ2v) is 4.64. The topological polar surface area (TPSA) is 108 Å². The van der Waals surface area contributed by atoms with Crippen molar-refractivity contribution in [1.82, 2.24) is 10.9 Å². The summed E-state index contributed by atoms with van der Waals surface area (Å²) < 4.78 is 5.46. The third-order valence-electron chi connectivity index (χ3n) is 2.84. The van der Waals surface area contributed by atoms with E-state index in [-0.39, 0.29) is 0 Å². The first-order valence-electron chi connectivity index (χ1n) is 6.52. The second-order valence-electron chi connectivity index (χ2n) is 4.64. The Morgan fingerprint density at radius 2 is 1.82 bits per heavy atom. The minimum absolute atomic E-state index is 0.536. The number of carboxylic acids is 1. The first-order chi connectivity index (χ1) is 10.3. The zero-order chi connectivity index (χ0) is 16.7. The summed E-state index contributed by atoms with van der Waals surface area (Å²) in [5.41, 5.74) is 6.29. The van der Waals surface area contributed by atoms with E-state index in [9.17, 15) is 19.5 Å². The fourth-order valence-electron chi connectivity index (χ4n) is 1.46.